The van der Waals surface area contributed by atoms with Crippen LogP contribution in [0.3, 0.4) is 0 Å². The molecule has 1 unspecified atom stereocenters. The fraction of sp³-hybridized carbons (Fsp3) is 0.800. The summed E-state index contributed by atoms with van der Waals surface area (Å²) < 4.78 is 9.75. The Bertz CT molecular complexity index is 306. The second-order valence-electron chi connectivity index (χ2n) is 4.69. The molecule has 0 heterocycles. The molecule has 0 fully saturated rings. The number of carbonyl (C=O) groups is 3. The zero-order valence-electron chi connectivity index (χ0n) is 12.9. The van der Waals surface area contributed by atoms with Gasteiger partial charge in [-0.3, -0.25) is 14.4 Å². The Morgan fingerprint density at radius 1 is 0.900 bits per heavy atom. The Hall–Kier alpha value is -1.39. The van der Waals surface area contributed by atoms with Crippen LogP contribution in [0, 0.1) is 11.8 Å². The van der Waals surface area contributed by atoms with Crippen LogP contribution >= 0.6 is 0 Å². The van der Waals surface area contributed by atoms with Gasteiger partial charge < -0.3 is 9.47 Å². The largest absolute Gasteiger partial charge is 0.465 e. The van der Waals surface area contributed by atoms with E-state index in [1.165, 1.54) is 0 Å². The van der Waals surface area contributed by atoms with Crippen LogP contribution in [0.1, 0.15) is 53.4 Å². The number of Topliss-reactive ketones (excluding diaryl/α,β-unsaturated/α-hetero) is 1. The predicted octanol–water partition coefficient (Wildman–Crippen LogP) is 2.51. The van der Waals surface area contributed by atoms with Crippen LogP contribution in [0.25, 0.3) is 0 Å². The molecule has 0 aromatic rings. The molecule has 0 bridgehead atoms. The highest BCUT2D eigenvalue weighted by Crippen LogP contribution is 2.19. The maximum atomic E-state index is 12.1. The van der Waals surface area contributed by atoms with Crippen molar-refractivity contribution in [3.8, 4) is 0 Å². The zero-order valence-corrected chi connectivity index (χ0v) is 12.9. The van der Waals surface area contributed by atoms with Gasteiger partial charge >= 0.3 is 11.9 Å². The van der Waals surface area contributed by atoms with E-state index in [0.717, 1.165) is 19.3 Å². The van der Waals surface area contributed by atoms with Crippen LogP contribution in [-0.4, -0.2) is 30.9 Å². The minimum atomic E-state index is -1.15. The van der Waals surface area contributed by atoms with Crippen LogP contribution in [-0.2, 0) is 23.9 Å². The van der Waals surface area contributed by atoms with Gasteiger partial charge in [-0.25, -0.2) is 0 Å². The molecule has 5 heteroatoms. The van der Waals surface area contributed by atoms with Crippen LogP contribution in [0.4, 0.5) is 0 Å². The summed E-state index contributed by atoms with van der Waals surface area (Å²) in [7, 11) is 0. The van der Waals surface area contributed by atoms with Gasteiger partial charge in [-0.05, 0) is 20.3 Å². The number of hydrogen-bond donors (Lipinski definition) is 0. The second kappa shape index (κ2) is 10.4. The minimum Gasteiger partial charge on any atom is -0.465 e. The number of esters is 2. The van der Waals surface area contributed by atoms with Gasteiger partial charge in [0.2, 0.25) is 0 Å². The first-order valence-corrected chi connectivity index (χ1v) is 7.35. The minimum absolute atomic E-state index is 0.0930. The zero-order chi connectivity index (χ0) is 15.5. The summed E-state index contributed by atoms with van der Waals surface area (Å²) in [4.78, 5) is 35.8. The van der Waals surface area contributed by atoms with Crippen molar-refractivity contribution < 1.29 is 23.9 Å². The Morgan fingerprint density at radius 2 is 1.40 bits per heavy atom. The summed E-state index contributed by atoms with van der Waals surface area (Å²) in [5, 5.41) is 0. The van der Waals surface area contributed by atoms with Crippen molar-refractivity contribution >= 4 is 17.7 Å². The molecule has 0 rings (SSSR count). The van der Waals surface area contributed by atoms with Crippen LogP contribution in [0.15, 0.2) is 0 Å². The number of ether oxygens (including phenoxy) is 2. The lowest BCUT2D eigenvalue weighted by Gasteiger charge is -2.19. The first-order chi connectivity index (χ1) is 9.49. The van der Waals surface area contributed by atoms with Gasteiger partial charge in [0.1, 0.15) is 5.78 Å². The number of ketones is 1. The molecule has 20 heavy (non-hydrogen) atoms. The first kappa shape index (κ1) is 18.6. The molecule has 0 spiro atoms. The molecule has 0 N–H and O–H groups in total. The van der Waals surface area contributed by atoms with Crippen molar-refractivity contribution in [3.05, 3.63) is 0 Å². The molecule has 0 aliphatic carbocycles. The summed E-state index contributed by atoms with van der Waals surface area (Å²) in [6.07, 6.45) is 3.13. The van der Waals surface area contributed by atoms with E-state index >= 15 is 0 Å². The Morgan fingerprint density at radius 3 is 1.80 bits per heavy atom. The second-order valence-corrected chi connectivity index (χ2v) is 4.69. The Kier molecular flexibility index (Phi) is 9.68. The van der Waals surface area contributed by atoms with E-state index in [1.54, 1.807) is 20.8 Å². The normalized spacial score (nSPS) is 12.1. The van der Waals surface area contributed by atoms with E-state index in [4.69, 9.17) is 9.47 Å². The molecular weight excluding hydrogens is 260 g/mol. The highest BCUT2D eigenvalue weighted by molar-refractivity contribution is 6.00. The lowest BCUT2D eigenvalue weighted by Crippen LogP contribution is -2.36. The van der Waals surface area contributed by atoms with E-state index < -0.39 is 23.8 Å². The van der Waals surface area contributed by atoms with Gasteiger partial charge in [-0.1, -0.05) is 26.7 Å². The van der Waals surface area contributed by atoms with Gasteiger partial charge in [0.25, 0.3) is 0 Å². The number of rotatable bonds is 10. The molecule has 5 nitrogen and oxygen atoms in total. The quantitative estimate of drug-likeness (QED) is 0.350. The maximum Gasteiger partial charge on any atom is 0.321 e. The third kappa shape index (κ3) is 6.17. The molecule has 0 aliphatic heterocycles. The van der Waals surface area contributed by atoms with Crippen LogP contribution in [0.2, 0.25) is 0 Å². The smallest absolute Gasteiger partial charge is 0.321 e. The van der Waals surface area contributed by atoms with Crippen molar-refractivity contribution in [1.29, 1.82) is 0 Å². The molecule has 0 aromatic heterocycles. The molecule has 0 saturated carbocycles. The number of unbranched alkanes of at least 4 members (excludes halogenated alkanes) is 2. The van der Waals surface area contributed by atoms with Crippen LogP contribution in [0.5, 0.6) is 0 Å². The van der Waals surface area contributed by atoms with Crippen molar-refractivity contribution in [2.45, 2.75) is 53.4 Å². The van der Waals surface area contributed by atoms with E-state index in [-0.39, 0.29) is 19.0 Å². The average molecular weight is 286 g/mol. The summed E-state index contributed by atoms with van der Waals surface area (Å²) in [5.41, 5.74) is 0. The average Bonchev–Trinajstić information content (AvgIpc) is 2.39. The Balaban J connectivity index is 4.78. The number of carbonyl (C=O) groups excluding carboxylic acids is 3. The summed E-state index contributed by atoms with van der Waals surface area (Å²) in [6, 6.07) is 0. The standard InChI is InChI=1S/C15H26O5/c1-5-8-9-10-12(16)11(4)13(14(17)19-6-2)15(18)20-7-3/h11,13H,5-10H2,1-4H3. The predicted molar refractivity (Wildman–Crippen MR) is 75.1 cm³/mol. The molecule has 1 atom stereocenters. The SMILES string of the molecule is CCCCCC(=O)C(C)C(C(=O)OCC)C(=O)OCC. The highest BCUT2D eigenvalue weighted by Gasteiger charge is 2.38. The van der Waals surface area contributed by atoms with Gasteiger partial charge in [-0.15, -0.1) is 0 Å². The van der Waals surface area contributed by atoms with Crippen LogP contribution < -0.4 is 0 Å². The lowest BCUT2D eigenvalue weighted by molar-refractivity contribution is -0.166. The van der Waals surface area contributed by atoms with E-state index in [1.807, 2.05) is 6.92 Å². The maximum absolute atomic E-state index is 12.1. The molecule has 0 aliphatic rings. The van der Waals surface area contributed by atoms with Crippen molar-refractivity contribution in [2.24, 2.45) is 11.8 Å². The van der Waals surface area contributed by atoms with Gasteiger partial charge in [0.15, 0.2) is 5.92 Å². The van der Waals surface area contributed by atoms with E-state index in [9.17, 15) is 14.4 Å². The topological polar surface area (TPSA) is 69.7 Å². The summed E-state index contributed by atoms with van der Waals surface area (Å²) in [5.74, 6) is -3.30. The molecular formula is C15H26O5. The fourth-order valence-corrected chi connectivity index (χ4v) is 1.93. The molecule has 0 aromatic carbocycles. The highest BCUT2D eigenvalue weighted by atomic mass is 16.6. The summed E-state index contributed by atoms with van der Waals surface area (Å²) in [6.45, 7) is 7.30. The summed E-state index contributed by atoms with van der Waals surface area (Å²) >= 11 is 0. The third-order valence-electron chi connectivity index (χ3n) is 3.12. The van der Waals surface area contributed by atoms with E-state index in [2.05, 4.69) is 0 Å². The molecule has 0 saturated heterocycles. The number of hydrogen-bond acceptors (Lipinski definition) is 5. The van der Waals surface area contributed by atoms with Crippen molar-refractivity contribution in [3.63, 3.8) is 0 Å². The molecule has 0 amide bonds. The monoisotopic (exact) mass is 286 g/mol. The molecule has 0 radical (unpaired) electrons. The fourth-order valence-electron chi connectivity index (χ4n) is 1.93. The van der Waals surface area contributed by atoms with Gasteiger partial charge in [0, 0.05) is 12.3 Å². The molecule has 116 valence electrons. The van der Waals surface area contributed by atoms with E-state index in [0.29, 0.717) is 6.42 Å². The first-order valence-electron chi connectivity index (χ1n) is 7.35. The third-order valence-corrected chi connectivity index (χ3v) is 3.12. The van der Waals surface area contributed by atoms with Gasteiger partial charge in [-0.2, -0.15) is 0 Å². The van der Waals surface area contributed by atoms with Gasteiger partial charge in [0.05, 0.1) is 13.2 Å². The van der Waals surface area contributed by atoms with Crippen molar-refractivity contribution in [1.82, 2.24) is 0 Å². The lowest BCUT2D eigenvalue weighted by atomic mass is 9.88. The Labute approximate surface area is 121 Å². The van der Waals surface area contributed by atoms with Crippen molar-refractivity contribution in [2.75, 3.05) is 13.2 Å².